The lowest BCUT2D eigenvalue weighted by atomic mass is 9.88. The van der Waals surface area contributed by atoms with Crippen LogP contribution in [0.1, 0.15) is 22.8 Å². The number of amides is 1. The van der Waals surface area contributed by atoms with Crippen molar-refractivity contribution in [3.05, 3.63) is 29.3 Å². The maximum Gasteiger partial charge on any atom is 0.251 e. The summed E-state index contributed by atoms with van der Waals surface area (Å²) in [5.41, 5.74) is 1.90. The molecule has 0 saturated carbocycles. The van der Waals surface area contributed by atoms with E-state index in [1.54, 1.807) is 11.8 Å². The summed E-state index contributed by atoms with van der Waals surface area (Å²) in [5, 5.41) is 3.01. The van der Waals surface area contributed by atoms with E-state index in [4.69, 9.17) is 4.74 Å². The van der Waals surface area contributed by atoms with E-state index in [2.05, 4.69) is 12.2 Å². The molecule has 1 heterocycles. The van der Waals surface area contributed by atoms with Gasteiger partial charge in [0.25, 0.3) is 5.91 Å². The summed E-state index contributed by atoms with van der Waals surface area (Å²) in [5.74, 6) is 0.0107. The minimum Gasteiger partial charge on any atom is -0.380 e. The SMILES string of the molecule is CSc1ccc(C)c(C(=O)NCC2(C)COC2)c1. The first-order chi connectivity index (χ1) is 8.54. The van der Waals surface area contributed by atoms with Gasteiger partial charge in [-0.05, 0) is 30.9 Å². The Morgan fingerprint density at radius 3 is 2.78 bits per heavy atom. The van der Waals surface area contributed by atoms with Crippen molar-refractivity contribution in [2.45, 2.75) is 18.7 Å². The Hall–Kier alpha value is -1.00. The van der Waals surface area contributed by atoms with E-state index < -0.39 is 0 Å². The maximum absolute atomic E-state index is 12.2. The van der Waals surface area contributed by atoms with Crippen LogP contribution in [0.3, 0.4) is 0 Å². The van der Waals surface area contributed by atoms with E-state index in [1.807, 2.05) is 31.4 Å². The normalized spacial score (nSPS) is 17.1. The van der Waals surface area contributed by atoms with E-state index >= 15 is 0 Å². The van der Waals surface area contributed by atoms with Crippen LogP contribution in [-0.2, 0) is 4.74 Å². The van der Waals surface area contributed by atoms with Crippen molar-refractivity contribution in [2.24, 2.45) is 5.41 Å². The molecule has 0 aliphatic carbocycles. The molecule has 4 heteroatoms. The van der Waals surface area contributed by atoms with Gasteiger partial charge in [0.1, 0.15) is 0 Å². The molecule has 0 spiro atoms. The Kier molecular flexibility index (Phi) is 3.97. The van der Waals surface area contributed by atoms with Gasteiger partial charge in [-0.25, -0.2) is 0 Å². The second-order valence-electron chi connectivity index (χ2n) is 5.17. The second-order valence-corrected chi connectivity index (χ2v) is 6.05. The summed E-state index contributed by atoms with van der Waals surface area (Å²) >= 11 is 1.65. The van der Waals surface area contributed by atoms with Crippen molar-refractivity contribution in [1.82, 2.24) is 5.32 Å². The van der Waals surface area contributed by atoms with Crippen molar-refractivity contribution >= 4 is 17.7 Å². The number of ether oxygens (including phenoxy) is 1. The van der Waals surface area contributed by atoms with Crippen LogP contribution in [0.25, 0.3) is 0 Å². The average Bonchev–Trinajstić information content (AvgIpc) is 2.34. The predicted octanol–water partition coefficient (Wildman–Crippen LogP) is 2.48. The third-order valence-corrected chi connectivity index (χ3v) is 3.99. The molecule has 1 aromatic rings. The van der Waals surface area contributed by atoms with Crippen LogP contribution in [0.15, 0.2) is 23.1 Å². The molecule has 0 unspecified atom stereocenters. The van der Waals surface area contributed by atoms with Crippen LogP contribution in [0.2, 0.25) is 0 Å². The molecular formula is C14H19NO2S. The van der Waals surface area contributed by atoms with Crippen LogP contribution in [0.5, 0.6) is 0 Å². The third-order valence-electron chi connectivity index (χ3n) is 3.27. The Morgan fingerprint density at radius 1 is 1.50 bits per heavy atom. The van der Waals surface area contributed by atoms with Gasteiger partial charge in [0.2, 0.25) is 0 Å². The predicted molar refractivity (Wildman–Crippen MR) is 74.2 cm³/mol. The lowest BCUT2D eigenvalue weighted by molar-refractivity contribution is -0.0978. The van der Waals surface area contributed by atoms with Crippen LogP contribution < -0.4 is 5.32 Å². The number of benzene rings is 1. The highest BCUT2D eigenvalue weighted by Crippen LogP contribution is 2.25. The van der Waals surface area contributed by atoms with Gasteiger partial charge in [-0.3, -0.25) is 4.79 Å². The Bertz CT molecular complexity index is 455. The number of hydrogen-bond acceptors (Lipinski definition) is 3. The minimum absolute atomic E-state index is 0.0107. The van der Waals surface area contributed by atoms with Crippen molar-refractivity contribution < 1.29 is 9.53 Å². The van der Waals surface area contributed by atoms with Gasteiger partial charge in [0, 0.05) is 22.4 Å². The second kappa shape index (κ2) is 5.33. The topological polar surface area (TPSA) is 38.3 Å². The van der Waals surface area contributed by atoms with E-state index in [9.17, 15) is 4.79 Å². The molecule has 2 rings (SSSR count). The number of hydrogen-bond donors (Lipinski definition) is 1. The molecule has 1 aliphatic rings. The Labute approximate surface area is 112 Å². The van der Waals surface area contributed by atoms with Gasteiger partial charge in [0.15, 0.2) is 0 Å². The fourth-order valence-corrected chi connectivity index (χ4v) is 2.35. The number of aryl methyl sites for hydroxylation is 1. The van der Waals surface area contributed by atoms with Gasteiger partial charge in [-0.2, -0.15) is 0 Å². The molecule has 1 saturated heterocycles. The van der Waals surface area contributed by atoms with Gasteiger partial charge >= 0.3 is 0 Å². The largest absolute Gasteiger partial charge is 0.380 e. The number of carbonyl (C=O) groups excluding carboxylic acids is 1. The summed E-state index contributed by atoms with van der Waals surface area (Å²) < 4.78 is 5.18. The van der Waals surface area contributed by atoms with E-state index in [-0.39, 0.29) is 11.3 Å². The molecule has 0 bridgehead atoms. The number of thioether (sulfide) groups is 1. The first-order valence-electron chi connectivity index (χ1n) is 6.05. The molecule has 18 heavy (non-hydrogen) atoms. The van der Waals surface area contributed by atoms with Crippen LogP contribution in [0, 0.1) is 12.3 Å². The Morgan fingerprint density at radius 2 is 2.22 bits per heavy atom. The summed E-state index contributed by atoms with van der Waals surface area (Å²) in [6.07, 6.45) is 2.01. The monoisotopic (exact) mass is 265 g/mol. The molecule has 0 atom stereocenters. The van der Waals surface area contributed by atoms with E-state index in [1.165, 1.54) is 0 Å². The number of nitrogens with one attached hydrogen (secondary N) is 1. The first kappa shape index (κ1) is 13.4. The van der Waals surface area contributed by atoms with Crippen molar-refractivity contribution in [1.29, 1.82) is 0 Å². The molecule has 1 N–H and O–H groups in total. The summed E-state index contributed by atoms with van der Waals surface area (Å²) in [7, 11) is 0. The molecule has 98 valence electrons. The van der Waals surface area contributed by atoms with E-state index in [0.29, 0.717) is 6.54 Å². The number of carbonyl (C=O) groups is 1. The zero-order valence-corrected chi connectivity index (χ0v) is 11.9. The maximum atomic E-state index is 12.2. The summed E-state index contributed by atoms with van der Waals surface area (Å²) in [4.78, 5) is 13.3. The van der Waals surface area contributed by atoms with Crippen LogP contribution in [-0.4, -0.2) is 31.9 Å². The fourth-order valence-electron chi connectivity index (χ4n) is 1.91. The summed E-state index contributed by atoms with van der Waals surface area (Å²) in [6, 6.07) is 5.99. The lowest BCUT2D eigenvalue weighted by Crippen LogP contribution is -2.48. The Balaban J connectivity index is 2.03. The van der Waals surface area contributed by atoms with Crippen LogP contribution in [0.4, 0.5) is 0 Å². The quantitative estimate of drug-likeness (QED) is 0.850. The lowest BCUT2D eigenvalue weighted by Gasteiger charge is -2.38. The minimum atomic E-state index is 0.0107. The zero-order valence-electron chi connectivity index (χ0n) is 11.1. The van der Waals surface area contributed by atoms with Gasteiger partial charge in [-0.1, -0.05) is 13.0 Å². The third kappa shape index (κ3) is 2.87. The standard InChI is InChI=1S/C14H19NO2S/c1-10-4-5-11(18-3)6-12(10)13(16)15-7-14(2)8-17-9-14/h4-6H,7-9H2,1-3H3,(H,15,16). The zero-order chi connectivity index (χ0) is 13.2. The highest BCUT2D eigenvalue weighted by molar-refractivity contribution is 7.98. The highest BCUT2D eigenvalue weighted by atomic mass is 32.2. The molecule has 0 radical (unpaired) electrons. The fraction of sp³-hybridized carbons (Fsp3) is 0.500. The molecule has 1 fully saturated rings. The highest BCUT2D eigenvalue weighted by Gasteiger charge is 2.33. The molecule has 1 aliphatic heterocycles. The summed E-state index contributed by atoms with van der Waals surface area (Å²) in [6.45, 7) is 6.23. The smallest absolute Gasteiger partial charge is 0.251 e. The number of rotatable bonds is 4. The molecular weight excluding hydrogens is 246 g/mol. The average molecular weight is 265 g/mol. The molecule has 3 nitrogen and oxygen atoms in total. The van der Waals surface area contributed by atoms with Crippen molar-refractivity contribution in [3.63, 3.8) is 0 Å². The molecule has 1 amide bonds. The van der Waals surface area contributed by atoms with Gasteiger partial charge in [0.05, 0.1) is 13.2 Å². The van der Waals surface area contributed by atoms with Crippen molar-refractivity contribution in [2.75, 3.05) is 26.0 Å². The van der Waals surface area contributed by atoms with Gasteiger partial charge < -0.3 is 10.1 Å². The van der Waals surface area contributed by atoms with Crippen LogP contribution >= 0.6 is 11.8 Å². The van der Waals surface area contributed by atoms with E-state index in [0.717, 1.165) is 29.2 Å². The molecule has 1 aromatic carbocycles. The van der Waals surface area contributed by atoms with Crippen molar-refractivity contribution in [3.8, 4) is 0 Å². The first-order valence-corrected chi connectivity index (χ1v) is 7.27. The van der Waals surface area contributed by atoms with Gasteiger partial charge in [-0.15, -0.1) is 11.8 Å². The molecule has 0 aromatic heterocycles.